The quantitative estimate of drug-likeness (QED) is 0.225. The third kappa shape index (κ3) is 5.45. The molecule has 0 spiro atoms. The Balaban J connectivity index is 1.44. The number of phenolic OH excluding ortho intramolecular Hbond substituents is 1. The molecule has 1 saturated heterocycles. The second-order valence-corrected chi connectivity index (χ2v) is 8.55. The van der Waals surface area contributed by atoms with Crippen LogP contribution in [0.3, 0.4) is 0 Å². The van der Waals surface area contributed by atoms with Crippen LogP contribution in [0.1, 0.15) is 41.1 Å². The molecule has 3 aromatic rings. The summed E-state index contributed by atoms with van der Waals surface area (Å²) >= 11 is 0. The SMILES string of the molecule is CC[C@@H](NC(=[N-])C(N)=[NH+]c1cccc(C(=O)N2CCN(c3ncccn3)CC2)c1O)c1cc(C)co1. The van der Waals surface area contributed by atoms with Crippen molar-refractivity contribution < 1.29 is 19.3 Å². The molecule has 36 heavy (non-hydrogen) atoms. The van der Waals surface area contributed by atoms with E-state index in [9.17, 15) is 15.3 Å². The van der Waals surface area contributed by atoms with E-state index in [0.29, 0.717) is 44.3 Å². The number of nitrogens with one attached hydrogen (secondary N) is 2. The average molecular weight is 491 g/mol. The smallest absolute Gasteiger partial charge is 0.269 e. The fourth-order valence-electron chi connectivity index (χ4n) is 4.01. The van der Waals surface area contributed by atoms with Crippen LogP contribution >= 0.6 is 0 Å². The number of nitrogens with two attached hydrogens (primary N) is 1. The molecule has 1 aliphatic rings. The molecule has 11 nitrogen and oxygen atoms in total. The maximum absolute atomic E-state index is 13.2. The molecule has 11 heteroatoms. The number of phenols is 1. The molecule has 1 amide bonds. The van der Waals surface area contributed by atoms with Crippen LogP contribution in [0.2, 0.25) is 0 Å². The highest BCUT2D eigenvalue weighted by Crippen LogP contribution is 2.25. The van der Waals surface area contributed by atoms with Crippen LogP contribution in [0.25, 0.3) is 5.41 Å². The minimum atomic E-state index is -0.300. The lowest BCUT2D eigenvalue weighted by atomic mass is 10.1. The Morgan fingerprint density at radius 2 is 1.97 bits per heavy atom. The summed E-state index contributed by atoms with van der Waals surface area (Å²) in [5, 5.41) is 24.3. The van der Waals surface area contributed by atoms with E-state index in [1.54, 1.807) is 47.8 Å². The number of amides is 1. The van der Waals surface area contributed by atoms with E-state index < -0.39 is 0 Å². The van der Waals surface area contributed by atoms with E-state index in [1.807, 2.05) is 24.8 Å². The van der Waals surface area contributed by atoms with Gasteiger partial charge in [0.1, 0.15) is 5.76 Å². The number of carbonyl (C=O) groups excluding carboxylic acids is 1. The van der Waals surface area contributed by atoms with Crippen molar-refractivity contribution in [3.8, 4) is 5.75 Å². The topological polar surface area (TPSA) is 157 Å². The Morgan fingerprint density at radius 1 is 1.25 bits per heavy atom. The molecule has 0 unspecified atom stereocenters. The molecule has 188 valence electrons. The first-order chi connectivity index (χ1) is 17.4. The van der Waals surface area contributed by atoms with E-state index in [4.69, 9.17) is 10.2 Å². The number of rotatable bonds is 6. The zero-order valence-electron chi connectivity index (χ0n) is 20.3. The molecule has 1 aliphatic heterocycles. The number of aryl methyl sites for hydroxylation is 1. The Hall–Kier alpha value is -4.41. The number of para-hydroxylation sites is 1. The highest BCUT2D eigenvalue weighted by atomic mass is 16.3. The zero-order valence-corrected chi connectivity index (χ0v) is 20.3. The molecule has 0 saturated carbocycles. The van der Waals surface area contributed by atoms with Gasteiger partial charge < -0.3 is 30.0 Å². The number of carbonyl (C=O) groups is 1. The molecular weight excluding hydrogens is 460 g/mol. The van der Waals surface area contributed by atoms with E-state index in [-0.39, 0.29) is 40.6 Å². The maximum atomic E-state index is 13.2. The lowest BCUT2D eigenvalue weighted by Gasteiger charge is -2.34. The van der Waals surface area contributed by atoms with Crippen molar-refractivity contribution in [1.82, 2.24) is 20.2 Å². The molecular formula is C25H30N8O3. The second kappa shape index (κ2) is 10.9. The molecule has 1 atom stereocenters. The Labute approximate surface area is 209 Å². The molecule has 0 aliphatic carbocycles. The van der Waals surface area contributed by atoms with Gasteiger partial charge in [-0.3, -0.25) is 10.5 Å². The molecule has 4 rings (SSSR count). The summed E-state index contributed by atoms with van der Waals surface area (Å²) in [5.74, 6) is 0.347. The Kier molecular flexibility index (Phi) is 7.47. The van der Waals surface area contributed by atoms with Gasteiger partial charge in [-0.05, 0) is 43.2 Å². The van der Waals surface area contributed by atoms with E-state index in [2.05, 4.69) is 20.3 Å². The van der Waals surface area contributed by atoms with Crippen LogP contribution in [-0.4, -0.2) is 63.7 Å². The second-order valence-electron chi connectivity index (χ2n) is 8.55. The number of anilines is 1. The number of hydrogen-bond donors (Lipinski definition) is 4. The predicted molar refractivity (Wildman–Crippen MR) is 136 cm³/mol. The summed E-state index contributed by atoms with van der Waals surface area (Å²) in [5.41, 5.74) is 7.36. The van der Waals surface area contributed by atoms with Crippen molar-refractivity contribution in [2.75, 3.05) is 31.1 Å². The van der Waals surface area contributed by atoms with Crippen LogP contribution in [-0.2, 0) is 0 Å². The lowest BCUT2D eigenvalue weighted by molar-refractivity contribution is -0.353. The number of furan rings is 1. The highest BCUT2D eigenvalue weighted by molar-refractivity contribution is 6.39. The molecule has 0 bridgehead atoms. The van der Waals surface area contributed by atoms with Gasteiger partial charge in [-0.1, -0.05) is 13.0 Å². The van der Waals surface area contributed by atoms with Gasteiger partial charge in [0, 0.05) is 50.5 Å². The molecule has 3 heterocycles. The minimum Gasteiger partial charge on any atom is -0.503 e. The highest BCUT2D eigenvalue weighted by Gasteiger charge is 2.26. The van der Waals surface area contributed by atoms with E-state index in [0.717, 1.165) is 5.56 Å². The van der Waals surface area contributed by atoms with Gasteiger partial charge in [0.2, 0.25) is 5.95 Å². The molecule has 1 fully saturated rings. The van der Waals surface area contributed by atoms with Crippen LogP contribution in [0.5, 0.6) is 5.75 Å². The Morgan fingerprint density at radius 3 is 2.61 bits per heavy atom. The number of piperazine rings is 1. The summed E-state index contributed by atoms with van der Waals surface area (Å²) in [6, 6.07) is 8.12. The van der Waals surface area contributed by atoms with E-state index >= 15 is 0 Å². The standard InChI is InChI=1S/C25H29N8O3/c1-3-18(20-14-16(2)15-36-20)30-22(26)23(27)31-19-7-4-6-17(21(19)34)24(35)32-10-12-33(13-11-32)25-28-8-5-9-29-25/h4-9,14-15,18H,3,10-13H2,1-2H3,(H4-,26,27,30,31,34,35)/q-1/p+1/t18-/m1/s1. The fraction of sp³-hybridized carbons (Fsp3) is 0.320. The molecule has 2 aromatic heterocycles. The first kappa shape index (κ1) is 24.7. The van der Waals surface area contributed by atoms with Crippen molar-refractivity contribution >= 4 is 29.2 Å². The van der Waals surface area contributed by atoms with Gasteiger partial charge >= 0.3 is 0 Å². The first-order valence-corrected chi connectivity index (χ1v) is 11.8. The average Bonchev–Trinajstić information content (AvgIpc) is 3.34. The van der Waals surface area contributed by atoms with Crippen LogP contribution < -0.4 is 20.9 Å². The van der Waals surface area contributed by atoms with E-state index in [1.165, 1.54) is 0 Å². The summed E-state index contributed by atoms with van der Waals surface area (Å²) in [4.78, 5) is 28.1. The number of aromatic nitrogens is 2. The van der Waals surface area contributed by atoms with Gasteiger partial charge in [0.15, 0.2) is 11.4 Å². The molecule has 0 radical (unpaired) electrons. The molecule has 1 aromatic carbocycles. The van der Waals surface area contributed by atoms with Gasteiger partial charge in [0.05, 0.1) is 11.8 Å². The third-order valence-corrected chi connectivity index (χ3v) is 6.01. The number of amidine groups is 2. The molecule has 5 N–H and O–H groups in total. The summed E-state index contributed by atoms with van der Waals surface area (Å²) in [7, 11) is 0. The van der Waals surface area contributed by atoms with Gasteiger partial charge in [-0.25, -0.2) is 15.0 Å². The Bertz CT molecular complexity index is 1250. The zero-order chi connectivity index (χ0) is 25.7. The van der Waals surface area contributed by atoms with Crippen LogP contribution in [0.15, 0.2) is 53.4 Å². The van der Waals surface area contributed by atoms with Gasteiger partial charge in [-0.15, -0.1) is 0 Å². The third-order valence-electron chi connectivity index (χ3n) is 6.01. The largest absolute Gasteiger partial charge is 0.503 e. The minimum absolute atomic E-state index is 0.104. The van der Waals surface area contributed by atoms with Crippen LogP contribution in [0, 0.1) is 6.92 Å². The maximum Gasteiger partial charge on any atom is 0.269 e. The summed E-state index contributed by atoms with van der Waals surface area (Å²) in [6.45, 7) is 5.95. The van der Waals surface area contributed by atoms with Crippen molar-refractivity contribution in [2.45, 2.75) is 26.3 Å². The van der Waals surface area contributed by atoms with Gasteiger partial charge in [0.25, 0.3) is 11.7 Å². The number of hydrogen-bond acceptors (Lipinski definition) is 6. The van der Waals surface area contributed by atoms with Crippen molar-refractivity contribution in [2.24, 2.45) is 5.73 Å². The predicted octanol–water partition coefficient (Wildman–Crippen LogP) is 0.824. The fourth-order valence-corrected chi connectivity index (χ4v) is 4.01. The number of aromatic hydroxyl groups is 1. The normalized spacial score (nSPS) is 15.0. The van der Waals surface area contributed by atoms with Crippen molar-refractivity contribution in [3.63, 3.8) is 0 Å². The van der Waals surface area contributed by atoms with Crippen molar-refractivity contribution in [1.29, 1.82) is 0 Å². The number of nitrogens with zero attached hydrogens (tertiary/aromatic N) is 5. The van der Waals surface area contributed by atoms with Crippen LogP contribution in [0.4, 0.5) is 11.6 Å². The van der Waals surface area contributed by atoms with Crippen molar-refractivity contribution in [3.05, 3.63) is 71.3 Å². The monoisotopic (exact) mass is 490 g/mol. The lowest BCUT2D eigenvalue weighted by Crippen LogP contribution is -2.73. The summed E-state index contributed by atoms with van der Waals surface area (Å²) < 4.78 is 5.52. The first-order valence-electron chi connectivity index (χ1n) is 11.8. The summed E-state index contributed by atoms with van der Waals surface area (Å²) in [6.07, 6.45) is 5.65. The number of benzene rings is 1. The van der Waals surface area contributed by atoms with Gasteiger partial charge in [-0.2, -0.15) is 0 Å².